The van der Waals surface area contributed by atoms with Crippen LogP contribution in [0.15, 0.2) is 73.1 Å². The van der Waals surface area contributed by atoms with E-state index in [4.69, 9.17) is 0 Å². The Balaban J connectivity index is 1.77. The van der Waals surface area contributed by atoms with Gasteiger partial charge in [-0.3, -0.25) is 9.78 Å². The van der Waals surface area contributed by atoms with Crippen molar-refractivity contribution in [2.75, 3.05) is 5.32 Å². The van der Waals surface area contributed by atoms with Gasteiger partial charge in [0, 0.05) is 24.6 Å². The number of fused-ring (bicyclic) bond motifs is 1. The third kappa shape index (κ3) is 3.43. The van der Waals surface area contributed by atoms with Crippen LogP contribution in [0.2, 0.25) is 0 Å². The van der Waals surface area contributed by atoms with Crippen molar-refractivity contribution in [1.82, 2.24) is 9.88 Å². The topological polar surface area (TPSA) is 45.2 Å². The van der Waals surface area contributed by atoms with E-state index in [1.165, 1.54) is 11.0 Å². The molecule has 1 aromatic heterocycles. The summed E-state index contributed by atoms with van der Waals surface area (Å²) in [6.07, 6.45) is -1.93. The van der Waals surface area contributed by atoms with Crippen LogP contribution in [0, 0.1) is 0 Å². The van der Waals surface area contributed by atoms with Gasteiger partial charge < -0.3 is 10.2 Å². The van der Waals surface area contributed by atoms with Crippen LogP contribution in [-0.2, 0) is 12.7 Å². The van der Waals surface area contributed by atoms with Crippen LogP contribution in [0.1, 0.15) is 33.2 Å². The van der Waals surface area contributed by atoms with Gasteiger partial charge in [0.1, 0.15) is 6.17 Å². The molecule has 1 aliphatic heterocycles. The molecule has 0 radical (unpaired) electrons. The lowest BCUT2D eigenvalue weighted by atomic mass is 10.0. The number of rotatable bonds is 3. The molecule has 4 nitrogen and oxygen atoms in total. The quantitative estimate of drug-likeness (QED) is 0.702. The third-order valence-electron chi connectivity index (χ3n) is 4.63. The summed E-state index contributed by atoms with van der Waals surface area (Å²) in [5.41, 5.74) is 1.47. The van der Waals surface area contributed by atoms with Gasteiger partial charge in [-0.2, -0.15) is 13.2 Å². The second kappa shape index (κ2) is 6.99. The number of nitrogens with zero attached hydrogens (tertiary/aromatic N) is 2. The number of anilines is 1. The van der Waals surface area contributed by atoms with E-state index in [0.717, 1.165) is 17.7 Å². The summed E-state index contributed by atoms with van der Waals surface area (Å²) >= 11 is 0. The minimum Gasteiger partial charge on any atom is -0.361 e. The highest BCUT2D eigenvalue weighted by Gasteiger charge is 2.35. The summed E-state index contributed by atoms with van der Waals surface area (Å²) in [4.78, 5) is 18.7. The molecule has 1 N–H and O–H groups in total. The average Bonchev–Trinajstić information content (AvgIpc) is 2.70. The van der Waals surface area contributed by atoms with Crippen molar-refractivity contribution in [3.63, 3.8) is 0 Å². The van der Waals surface area contributed by atoms with Crippen LogP contribution in [0.3, 0.4) is 0 Å². The van der Waals surface area contributed by atoms with Gasteiger partial charge in [-0.05, 0) is 41.5 Å². The first-order chi connectivity index (χ1) is 13.4. The van der Waals surface area contributed by atoms with E-state index < -0.39 is 17.9 Å². The van der Waals surface area contributed by atoms with Gasteiger partial charge in [0.15, 0.2) is 0 Å². The molecule has 7 heteroatoms. The van der Waals surface area contributed by atoms with Crippen molar-refractivity contribution in [3.05, 3.63) is 95.3 Å². The molecule has 28 heavy (non-hydrogen) atoms. The molecule has 0 spiro atoms. The molecule has 0 aliphatic carbocycles. The molecule has 2 heterocycles. The Hall–Kier alpha value is -3.35. The summed E-state index contributed by atoms with van der Waals surface area (Å²) in [6.45, 7) is 0.217. The fourth-order valence-electron chi connectivity index (χ4n) is 3.29. The van der Waals surface area contributed by atoms with Crippen molar-refractivity contribution in [3.8, 4) is 0 Å². The predicted octanol–water partition coefficient (Wildman–Crippen LogP) is 4.87. The standard InChI is InChI=1S/C21H16F3N3O/c22-21(23,24)16-7-3-6-15(11-16)19-26-18-9-2-1-8-17(18)20(28)27(19)13-14-5-4-10-25-12-14/h1-12,19,26H,13H2/t19-/m1/s1. The molecule has 1 amide bonds. The zero-order valence-corrected chi connectivity index (χ0v) is 14.6. The number of aromatic nitrogens is 1. The van der Waals surface area contributed by atoms with E-state index in [2.05, 4.69) is 10.3 Å². The van der Waals surface area contributed by atoms with Crippen molar-refractivity contribution in [1.29, 1.82) is 0 Å². The molecule has 0 fully saturated rings. The van der Waals surface area contributed by atoms with Gasteiger partial charge in [-0.25, -0.2) is 0 Å². The zero-order valence-electron chi connectivity index (χ0n) is 14.6. The number of nitrogens with one attached hydrogen (secondary N) is 1. The van der Waals surface area contributed by atoms with Crippen LogP contribution >= 0.6 is 0 Å². The van der Waals surface area contributed by atoms with E-state index in [1.54, 1.807) is 48.8 Å². The normalized spacial score (nSPS) is 16.5. The number of benzene rings is 2. The van der Waals surface area contributed by atoms with Crippen LogP contribution < -0.4 is 5.32 Å². The summed E-state index contributed by atoms with van der Waals surface area (Å²) < 4.78 is 39.6. The maximum absolute atomic E-state index is 13.2. The molecular weight excluding hydrogens is 367 g/mol. The van der Waals surface area contributed by atoms with Gasteiger partial charge in [0.25, 0.3) is 5.91 Å². The third-order valence-corrected chi connectivity index (χ3v) is 4.63. The summed E-state index contributed by atoms with van der Waals surface area (Å²) in [6, 6.07) is 15.6. The van der Waals surface area contributed by atoms with Gasteiger partial charge in [-0.15, -0.1) is 0 Å². The Morgan fingerprint density at radius 3 is 2.61 bits per heavy atom. The molecule has 4 rings (SSSR count). The second-order valence-corrected chi connectivity index (χ2v) is 6.51. The molecule has 0 saturated heterocycles. The number of alkyl halides is 3. The Kier molecular flexibility index (Phi) is 4.50. The Labute approximate surface area is 159 Å². The molecular formula is C21H16F3N3O. The minimum atomic E-state index is -4.46. The van der Waals surface area contributed by atoms with Crippen molar-refractivity contribution in [2.45, 2.75) is 18.9 Å². The molecule has 0 unspecified atom stereocenters. The van der Waals surface area contributed by atoms with E-state index in [-0.39, 0.29) is 12.5 Å². The lowest BCUT2D eigenvalue weighted by Gasteiger charge is -2.38. The zero-order chi connectivity index (χ0) is 19.7. The van der Waals surface area contributed by atoms with E-state index in [0.29, 0.717) is 16.8 Å². The van der Waals surface area contributed by atoms with Gasteiger partial charge >= 0.3 is 6.18 Å². The predicted molar refractivity (Wildman–Crippen MR) is 98.4 cm³/mol. The lowest BCUT2D eigenvalue weighted by molar-refractivity contribution is -0.137. The summed E-state index contributed by atoms with van der Waals surface area (Å²) in [5.74, 6) is -0.249. The number of amides is 1. The number of halogens is 3. The van der Waals surface area contributed by atoms with Crippen LogP contribution in [0.25, 0.3) is 0 Å². The Morgan fingerprint density at radius 2 is 1.86 bits per heavy atom. The Bertz CT molecular complexity index is 1010. The fraction of sp³-hybridized carbons (Fsp3) is 0.143. The number of hydrogen-bond donors (Lipinski definition) is 1. The first-order valence-electron chi connectivity index (χ1n) is 8.66. The molecule has 1 atom stereocenters. The average molecular weight is 383 g/mol. The van der Waals surface area contributed by atoms with Crippen LogP contribution in [-0.4, -0.2) is 15.8 Å². The monoisotopic (exact) mass is 383 g/mol. The van der Waals surface area contributed by atoms with Crippen LogP contribution in [0.5, 0.6) is 0 Å². The number of carbonyl (C=O) groups excluding carboxylic acids is 1. The van der Waals surface area contributed by atoms with E-state index in [1.807, 2.05) is 6.07 Å². The molecule has 0 saturated carbocycles. The second-order valence-electron chi connectivity index (χ2n) is 6.51. The number of pyridine rings is 1. The first-order valence-corrected chi connectivity index (χ1v) is 8.66. The van der Waals surface area contributed by atoms with Gasteiger partial charge in [0.05, 0.1) is 11.1 Å². The van der Waals surface area contributed by atoms with Crippen molar-refractivity contribution >= 4 is 11.6 Å². The van der Waals surface area contributed by atoms with Crippen molar-refractivity contribution in [2.24, 2.45) is 0 Å². The summed E-state index contributed by atoms with van der Waals surface area (Å²) in [5, 5.41) is 3.21. The van der Waals surface area contributed by atoms with Crippen molar-refractivity contribution < 1.29 is 18.0 Å². The highest BCUT2D eigenvalue weighted by atomic mass is 19.4. The highest BCUT2D eigenvalue weighted by molar-refractivity contribution is 6.01. The smallest absolute Gasteiger partial charge is 0.361 e. The minimum absolute atomic E-state index is 0.217. The maximum Gasteiger partial charge on any atom is 0.416 e. The highest BCUT2D eigenvalue weighted by Crippen LogP contribution is 2.36. The van der Waals surface area contributed by atoms with E-state index >= 15 is 0 Å². The molecule has 2 aromatic carbocycles. The molecule has 3 aromatic rings. The summed E-state index contributed by atoms with van der Waals surface area (Å²) in [7, 11) is 0. The van der Waals surface area contributed by atoms with Crippen LogP contribution in [0.4, 0.5) is 18.9 Å². The SMILES string of the molecule is O=C1c2ccccc2N[C@@H](c2cccc(C(F)(F)F)c2)N1Cc1cccnc1. The van der Waals surface area contributed by atoms with Gasteiger partial charge in [0.2, 0.25) is 0 Å². The van der Waals surface area contributed by atoms with E-state index in [9.17, 15) is 18.0 Å². The largest absolute Gasteiger partial charge is 0.416 e. The number of carbonyl (C=O) groups is 1. The molecule has 0 bridgehead atoms. The molecule has 142 valence electrons. The molecule has 1 aliphatic rings. The number of hydrogen-bond acceptors (Lipinski definition) is 3. The maximum atomic E-state index is 13.2. The number of para-hydroxylation sites is 1. The lowest BCUT2D eigenvalue weighted by Crippen LogP contribution is -2.42. The fourth-order valence-corrected chi connectivity index (χ4v) is 3.29. The van der Waals surface area contributed by atoms with Gasteiger partial charge in [-0.1, -0.05) is 30.3 Å². The Morgan fingerprint density at radius 1 is 1.04 bits per heavy atom. The first kappa shape index (κ1) is 18.0.